The van der Waals surface area contributed by atoms with E-state index in [1.165, 1.54) is 5.56 Å². The van der Waals surface area contributed by atoms with Gasteiger partial charge in [0.15, 0.2) is 5.69 Å². The van der Waals surface area contributed by atoms with E-state index in [2.05, 4.69) is 10.9 Å². The van der Waals surface area contributed by atoms with Gasteiger partial charge in [0.05, 0.1) is 11.5 Å². The molecule has 0 N–H and O–H groups in total. The predicted octanol–water partition coefficient (Wildman–Crippen LogP) is 5.58. The van der Waals surface area contributed by atoms with E-state index in [4.69, 9.17) is 6.57 Å². The molecule has 0 unspecified atom stereocenters. The lowest BCUT2D eigenvalue weighted by atomic mass is 9.95. The fraction of sp³-hybridized carbons (Fsp3) is 0.240. The molecule has 3 aromatic rings. The molecule has 4 rings (SSSR count). The molecule has 0 aromatic heterocycles. The summed E-state index contributed by atoms with van der Waals surface area (Å²) in [6, 6.07) is 17.6. The van der Waals surface area contributed by atoms with Crippen molar-refractivity contribution >= 4 is 15.7 Å². The van der Waals surface area contributed by atoms with Gasteiger partial charge in [0.2, 0.25) is 10.0 Å². The molecule has 1 heterocycles. The maximum Gasteiger partial charge on any atom is 0.243 e. The minimum absolute atomic E-state index is 0.390. The van der Waals surface area contributed by atoms with Gasteiger partial charge in [0.1, 0.15) is 0 Å². The third-order valence-electron chi connectivity index (χ3n) is 5.72. The van der Waals surface area contributed by atoms with E-state index in [1.807, 2.05) is 69.3 Å². The van der Waals surface area contributed by atoms with Gasteiger partial charge < -0.3 is 0 Å². The maximum absolute atomic E-state index is 13.4. The SMILES string of the molecule is [C-]#[N+]c1ccc(-c2ccc3c(c2)CCN(S(=O)(=O)c2c(C)cc(C)cc2C)C3)cc1. The van der Waals surface area contributed by atoms with Crippen LogP contribution in [0.3, 0.4) is 0 Å². The van der Waals surface area contributed by atoms with Gasteiger partial charge in [-0.2, -0.15) is 4.31 Å². The number of hydrogen-bond donors (Lipinski definition) is 0. The number of rotatable bonds is 3. The van der Waals surface area contributed by atoms with Crippen LogP contribution in [0, 0.1) is 27.3 Å². The summed E-state index contributed by atoms with van der Waals surface area (Å²) in [4.78, 5) is 3.87. The van der Waals surface area contributed by atoms with Crippen molar-refractivity contribution in [1.29, 1.82) is 0 Å². The first-order valence-electron chi connectivity index (χ1n) is 9.97. The van der Waals surface area contributed by atoms with Crippen molar-refractivity contribution in [2.75, 3.05) is 6.54 Å². The van der Waals surface area contributed by atoms with Crippen molar-refractivity contribution in [1.82, 2.24) is 4.31 Å². The number of fused-ring (bicyclic) bond motifs is 1. The fourth-order valence-corrected chi connectivity index (χ4v) is 6.17. The highest BCUT2D eigenvalue weighted by Crippen LogP contribution is 2.32. The van der Waals surface area contributed by atoms with Crippen molar-refractivity contribution in [3.63, 3.8) is 0 Å². The van der Waals surface area contributed by atoms with Crippen LogP contribution in [-0.2, 0) is 23.0 Å². The molecule has 0 radical (unpaired) electrons. The Morgan fingerprint density at radius 1 is 0.867 bits per heavy atom. The molecule has 152 valence electrons. The molecular weight excluding hydrogens is 392 g/mol. The van der Waals surface area contributed by atoms with Gasteiger partial charge in [0, 0.05) is 13.1 Å². The molecule has 1 aliphatic heterocycles. The molecule has 0 saturated heterocycles. The highest BCUT2D eigenvalue weighted by Gasteiger charge is 2.30. The van der Waals surface area contributed by atoms with Gasteiger partial charge in [0.25, 0.3) is 0 Å². The number of benzene rings is 3. The summed E-state index contributed by atoms with van der Waals surface area (Å²) in [6.07, 6.45) is 0.687. The summed E-state index contributed by atoms with van der Waals surface area (Å²) < 4.78 is 28.4. The quantitative estimate of drug-likeness (QED) is 0.523. The minimum atomic E-state index is -3.55. The molecule has 0 amide bonds. The topological polar surface area (TPSA) is 41.7 Å². The second-order valence-electron chi connectivity index (χ2n) is 7.96. The lowest BCUT2D eigenvalue weighted by Gasteiger charge is -2.29. The number of hydrogen-bond acceptors (Lipinski definition) is 2. The van der Waals surface area contributed by atoms with Crippen molar-refractivity contribution in [2.45, 2.75) is 38.6 Å². The zero-order chi connectivity index (χ0) is 21.5. The summed E-state index contributed by atoms with van der Waals surface area (Å²) in [7, 11) is -3.55. The van der Waals surface area contributed by atoms with Crippen molar-refractivity contribution < 1.29 is 8.42 Å². The molecule has 30 heavy (non-hydrogen) atoms. The normalized spacial score (nSPS) is 14.2. The third-order valence-corrected chi connectivity index (χ3v) is 7.87. The molecule has 0 aliphatic carbocycles. The molecule has 0 spiro atoms. The van der Waals surface area contributed by atoms with E-state index in [-0.39, 0.29) is 0 Å². The van der Waals surface area contributed by atoms with Crippen LogP contribution in [0.2, 0.25) is 0 Å². The second kappa shape index (κ2) is 7.71. The zero-order valence-corrected chi connectivity index (χ0v) is 18.3. The first-order chi connectivity index (χ1) is 14.3. The lowest BCUT2D eigenvalue weighted by Crippen LogP contribution is -2.36. The van der Waals surface area contributed by atoms with E-state index in [9.17, 15) is 8.42 Å². The van der Waals surface area contributed by atoms with Crippen molar-refractivity contribution in [2.24, 2.45) is 0 Å². The van der Waals surface area contributed by atoms with Crippen LogP contribution in [0.5, 0.6) is 0 Å². The number of sulfonamides is 1. The standard InChI is InChI=1S/C25H24N2O2S/c1-17-13-18(2)25(19(3)14-17)30(28,29)27-12-11-22-15-21(5-6-23(22)16-27)20-7-9-24(26-4)10-8-20/h5-10,13-15H,11-12,16H2,1-3H3. The first-order valence-corrected chi connectivity index (χ1v) is 11.4. The monoisotopic (exact) mass is 416 g/mol. The van der Waals surface area contributed by atoms with Gasteiger partial charge in [-0.1, -0.05) is 60.2 Å². The molecule has 0 saturated carbocycles. The van der Waals surface area contributed by atoms with E-state index >= 15 is 0 Å². The number of aryl methyl sites for hydroxylation is 3. The average Bonchev–Trinajstić information content (AvgIpc) is 2.72. The van der Waals surface area contributed by atoms with E-state index in [1.54, 1.807) is 4.31 Å². The Hall–Kier alpha value is -2.94. The summed E-state index contributed by atoms with van der Waals surface area (Å²) in [5, 5.41) is 0. The predicted molar refractivity (Wildman–Crippen MR) is 120 cm³/mol. The van der Waals surface area contributed by atoms with E-state index in [0.717, 1.165) is 33.4 Å². The van der Waals surface area contributed by atoms with Gasteiger partial charge in [-0.05, 0) is 60.6 Å². The number of nitrogens with zero attached hydrogens (tertiary/aromatic N) is 2. The van der Waals surface area contributed by atoms with Crippen molar-refractivity contribution in [3.05, 3.63) is 93.8 Å². The van der Waals surface area contributed by atoms with E-state index in [0.29, 0.717) is 30.1 Å². The molecule has 0 bridgehead atoms. The highest BCUT2D eigenvalue weighted by molar-refractivity contribution is 7.89. The van der Waals surface area contributed by atoms with E-state index < -0.39 is 10.0 Å². The summed E-state index contributed by atoms with van der Waals surface area (Å²) in [6.45, 7) is 13.7. The highest BCUT2D eigenvalue weighted by atomic mass is 32.2. The molecule has 0 fully saturated rings. The Labute approximate surface area is 178 Å². The second-order valence-corrected chi connectivity index (χ2v) is 9.83. The van der Waals surface area contributed by atoms with Crippen LogP contribution in [0.4, 0.5) is 5.69 Å². The van der Waals surface area contributed by atoms with Crippen LogP contribution in [-0.4, -0.2) is 19.3 Å². The Balaban J connectivity index is 1.63. The van der Waals surface area contributed by atoms with Gasteiger partial charge in [-0.15, -0.1) is 0 Å². The van der Waals surface area contributed by atoms with Gasteiger partial charge in [-0.25, -0.2) is 13.3 Å². The third kappa shape index (κ3) is 3.65. The molecule has 1 aliphatic rings. The first kappa shape index (κ1) is 20.3. The molecule has 5 heteroatoms. The summed E-state index contributed by atoms with van der Waals surface area (Å²) in [5.74, 6) is 0. The summed E-state index contributed by atoms with van der Waals surface area (Å²) >= 11 is 0. The molecule has 0 atom stereocenters. The van der Waals surface area contributed by atoms with Gasteiger partial charge in [-0.3, -0.25) is 0 Å². The molecular formula is C25H24N2O2S. The largest absolute Gasteiger partial charge is 0.243 e. The Kier molecular flexibility index (Phi) is 5.23. The van der Waals surface area contributed by atoms with Crippen LogP contribution < -0.4 is 0 Å². The Morgan fingerprint density at radius 3 is 2.13 bits per heavy atom. The Bertz CT molecular complexity index is 1250. The fourth-order valence-electron chi connectivity index (χ4n) is 4.34. The molecule has 3 aromatic carbocycles. The van der Waals surface area contributed by atoms with Crippen molar-refractivity contribution in [3.8, 4) is 11.1 Å². The summed E-state index contributed by atoms with van der Waals surface area (Å²) in [5.41, 5.74) is 7.69. The Morgan fingerprint density at radius 2 is 1.50 bits per heavy atom. The van der Waals surface area contributed by atoms with Crippen LogP contribution >= 0.6 is 0 Å². The van der Waals surface area contributed by atoms with Crippen LogP contribution in [0.25, 0.3) is 16.0 Å². The van der Waals surface area contributed by atoms with Crippen LogP contribution in [0.15, 0.2) is 59.5 Å². The van der Waals surface area contributed by atoms with Gasteiger partial charge >= 0.3 is 0 Å². The maximum atomic E-state index is 13.4. The zero-order valence-electron chi connectivity index (χ0n) is 17.4. The smallest absolute Gasteiger partial charge is 0.238 e. The minimum Gasteiger partial charge on any atom is -0.238 e. The van der Waals surface area contributed by atoms with Crippen LogP contribution in [0.1, 0.15) is 27.8 Å². The lowest BCUT2D eigenvalue weighted by molar-refractivity contribution is 0.391. The average molecular weight is 417 g/mol. The molecule has 4 nitrogen and oxygen atoms in total.